The van der Waals surface area contributed by atoms with E-state index in [2.05, 4.69) is 25.3 Å². The van der Waals surface area contributed by atoms with Crippen molar-refractivity contribution in [2.24, 2.45) is 0 Å². The normalized spacial score (nSPS) is 15.2. The Morgan fingerprint density at radius 1 is 1.69 bits per heavy atom. The Labute approximate surface area is 93.4 Å². The van der Waals surface area contributed by atoms with Gasteiger partial charge in [0.1, 0.15) is 0 Å². The molecule has 5 heteroatoms. The van der Waals surface area contributed by atoms with Crippen LogP contribution in [0.1, 0.15) is 0 Å². The number of carbonyl (C=O) groups is 1. The standard InChI is InChI=1S/C7H7BrO3.CH3.In/c1-6(7(9)10-2)3-4-11-5-8;;/h1,3H,5H2,2H3;1H3;. The molecule has 70 valence electrons. The Morgan fingerprint density at radius 2 is 2.38 bits per heavy atom. The van der Waals surface area contributed by atoms with Crippen LogP contribution >= 0.6 is 15.9 Å². The van der Waals surface area contributed by atoms with Crippen LogP contribution in [-0.4, -0.2) is 40.0 Å². The molecule has 0 aromatic carbocycles. The molecule has 0 radical (unpaired) electrons. The Bertz CT molecular complexity index is 273. The second kappa shape index (κ2) is 5.10. The van der Waals surface area contributed by atoms with Gasteiger partial charge in [0, 0.05) is 0 Å². The number of carbonyl (C=O) groups excluding carboxylic acids is 1. The first kappa shape index (κ1) is 11.2. The van der Waals surface area contributed by atoms with Crippen molar-refractivity contribution in [3.8, 4) is 0 Å². The van der Waals surface area contributed by atoms with Gasteiger partial charge in [-0.1, -0.05) is 0 Å². The van der Waals surface area contributed by atoms with Crippen LogP contribution in [0.2, 0.25) is 4.68 Å². The van der Waals surface area contributed by atoms with Crippen molar-refractivity contribution in [3.05, 3.63) is 19.0 Å². The van der Waals surface area contributed by atoms with Crippen molar-refractivity contribution in [1.82, 2.24) is 0 Å². The molecular weight excluding hydrogens is 339 g/mol. The molecule has 0 aromatic rings. The first-order valence-electron chi connectivity index (χ1n) is 3.89. The SMILES string of the molecule is COC(=O)C1=[CH][In]([CH3])[C](OCBr)=C1. The number of ether oxygens (including phenoxy) is 2. The van der Waals surface area contributed by atoms with E-state index in [1.165, 1.54) is 7.11 Å². The van der Waals surface area contributed by atoms with Crippen molar-refractivity contribution >= 4 is 43.3 Å². The molecule has 0 atom stereocenters. The van der Waals surface area contributed by atoms with Crippen LogP contribution in [0.5, 0.6) is 0 Å². The third-order valence-corrected chi connectivity index (χ3v) is 8.01. The average molecular weight is 349 g/mol. The number of hydrogen-bond acceptors (Lipinski definition) is 3. The van der Waals surface area contributed by atoms with Gasteiger partial charge < -0.3 is 0 Å². The second-order valence-electron chi connectivity index (χ2n) is 2.70. The van der Waals surface area contributed by atoms with Gasteiger partial charge in [0.25, 0.3) is 0 Å². The summed E-state index contributed by atoms with van der Waals surface area (Å²) in [6.45, 7) is 0. The zero-order valence-electron chi connectivity index (χ0n) is 7.54. The maximum atomic E-state index is 11.1. The number of esters is 1. The number of alkyl halides is 1. The molecule has 0 aromatic heterocycles. The first-order valence-corrected chi connectivity index (χ1v) is 11.9. The zero-order valence-corrected chi connectivity index (χ0v) is 12.4. The van der Waals surface area contributed by atoms with E-state index >= 15 is 0 Å². The molecule has 0 unspecified atom stereocenters. The van der Waals surface area contributed by atoms with E-state index in [-0.39, 0.29) is 5.97 Å². The predicted molar refractivity (Wildman–Crippen MR) is 54.7 cm³/mol. The summed E-state index contributed by atoms with van der Waals surface area (Å²) in [6.07, 6.45) is 1.80. The number of methoxy groups -OCH3 is 1. The van der Waals surface area contributed by atoms with Gasteiger partial charge >= 0.3 is 93.9 Å². The quantitative estimate of drug-likeness (QED) is 0.573. The number of rotatable bonds is 3. The molecule has 0 saturated carbocycles. The molecule has 1 rings (SSSR count). The van der Waals surface area contributed by atoms with Crippen LogP contribution in [-0.2, 0) is 14.3 Å². The maximum absolute atomic E-state index is 11.1. The van der Waals surface area contributed by atoms with Gasteiger partial charge in [-0.15, -0.1) is 0 Å². The fourth-order valence-corrected chi connectivity index (χ4v) is 7.05. The fraction of sp³-hybridized carbons (Fsp3) is 0.375. The minimum absolute atomic E-state index is 0.267. The monoisotopic (exact) mass is 348 g/mol. The van der Waals surface area contributed by atoms with Crippen LogP contribution in [0.25, 0.3) is 0 Å². The average Bonchev–Trinajstić information content (AvgIpc) is 2.47. The molecular formula is C8H10BrInO3. The van der Waals surface area contributed by atoms with Gasteiger partial charge in [0.05, 0.1) is 0 Å². The van der Waals surface area contributed by atoms with E-state index in [1.807, 2.05) is 3.83 Å². The second-order valence-corrected chi connectivity index (χ2v) is 10.2. The van der Waals surface area contributed by atoms with Crippen molar-refractivity contribution in [1.29, 1.82) is 0 Å². The fourth-order valence-electron chi connectivity index (χ4n) is 1.17. The third kappa shape index (κ3) is 2.77. The number of halogens is 1. The van der Waals surface area contributed by atoms with Gasteiger partial charge in [0.15, 0.2) is 0 Å². The summed E-state index contributed by atoms with van der Waals surface area (Å²) in [5, 5.41) is 0. The van der Waals surface area contributed by atoms with E-state index in [4.69, 9.17) is 4.74 Å². The van der Waals surface area contributed by atoms with Gasteiger partial charge in [-0.2, -0.15) is 0 Å². The molecule has 13 heavy (non-hydrogen) atoms. The van der Waals surface area contributed by atoms with Crippen LogP contribution in [0.4, 0.5) is 0 Å². The van der Waals surface area contributed by atoms with Gasteiger partial charge in [-0.05, 0) is 0 Å². The van der Waals surface area contributed by atoms with Gasteiger partial charge in [-0.25, -0.2) is 0 Å². The summed E-state index contributed by atoms with van der Waals surface area (Å²) in [4.78, 5) is 11.1. The van der Waals surface area contributed by atoms with Crippen molar-refractivity contribution in [3.63, 3.8) is 0 Å². The molecule has 3 nitrogen and oxygen atoms in total. The molecule has 1 heterocycles. The van der Waals surface area contributed by atoms with E-state index < -0.39 is 21.4 Å². The molecule has 0 fully saturated rings. The molecule has 0 N–H and O–H groups in total. The van der Waals surface area contributed by atoms with Crippen molar-refractivity contribution in [2.75, 3.05) is 12.6 Å². The summed E-state index contributed by atoms with van der Waals surface area (Å²) in [5.41, 5.74) is 1.14. The van der Waals surface area contributed by atoms with Crippen LogP contribution in [0.3, 0.4) is 0 Å². The van der Waals surface area contributed by atoms with Gasteiger partial charge in [-0.3, -0.25) is 0 Å². The van der Waals surface area contributed by atoms with Crippen molar-refractivity contribution < 1.29 is 14.3 Å². The molecule has 0 aliphatic carbocycles. The Morgan fingerprint density at radius 3 is 2.92 bits per heavy atom. The van der Waals surface area contributed by atoms with E-state index in [9.17, 15) is 4.79 Å². The molecule has 0 amide bonds. The molecule has 0 saturated heterocycles. The van der Waals surface area contributed by atoms with Crippen LogP contribution < -0.4 is 0 Å². The molecule has 1 aliphatic heterocycles. The Kier molecular flexibility index (Phi) is 4.38. The van der Waals surface area contributed by atoms with Crippen LogP contribution in [0.15, 0.2) is 19.0 Å². The Balaban J connectivity index is 2.70. The summed E-state index contributed by atoms with van der Waals surface area (Å²) in [5.74, 6) is -0.267. The van der Waals surface area contributed by atoms with Crippen LogP contribution in [0, 0.1) is 0 Å². The number of hydrogen-bond donors (Lipinski definition) is 0. The summed E-state index contributed by atoms with van der Waals surface area (Å²) in [6, 6.07) is 0. The van der Waals surface area contributed by atoms with E-state index in [1.54, 1.807) is 6.08 Å². The molecule has 0 spiro atoms. The van der Waals surface area contributed by atoms with E-state index in [0.717, 1.165) is 3.52 Å². The van der Waals surface area contributed by atoms with Crippen molar-refractivity contribution in [2.45, 2.75) is 4.68 Å². The predicted octanol–water partition coefficient (Wildman–Crippen LogP) is 1.56. The Hall–Kier alpha value is 0.100. The summed E-state index contributed by atoms with van der Waals surface area (Å²) >= 11 is 1.36. The van der Waals surface area contributed by atoms with E-state index in [0.29, 0.717) is 11.1 Å². The zero-order chi connectivity index (χ0) is 9.84. The first-order chi connectivity index (χ1) is 6.19. The third-order valence-electron chi connectivity index (χ3n) is 1.82. The summed E-state index contributed by atoms with van der Waals surface area (Å²) in [7, 11) is 1.39. The minimum atomic E-state index is -1.83. The van der Waals surface area contributed by atoms with Gasteiger partial charge in [0.2, 0.25) is 0 Å². The topological polar surface area (TPSA) is 35.5 Å². The molecule has 0 bridgehead atoms. The molecule has 1 aliphatic rings. The summed E-state index contributed by atoms with van der Waals surface area (Å²) < 4.78 is 15.2.